The molecule has 3 aliphatic rings. The van der Waals surface area contributed by atoms with Crippen molar-refractivity contribution >= 4 is 23.3 Å². The molecule has 2 saturated carbocycles. The third-order valence-electron chi connectivity index (χ3n) is 6.58. The van der Waals surface area contributed by atoms with Crippen LogP contribution < -0.4 is 16.4 Å². The average molecular weight is 370 g/mol. The first-order valence-electron chi connectivity index (χ1n) is 10.3. The van der Waals surface area contributed by atoms with Crippen LogP contribution in [-0.4, -0.2) is 36.0 Å². The number of carbonyl (C=O) groups is 2. The van der Waals surface area contributed by atoms with E-state index in [9.17, 15) is 9.59 Å². The predicted molar refractivity (Wildman–Crippen MR) is 106 cm³/mol. The number of urea groups is 1. The van der Waals surface area contributed by atoms with Gasteiger partial charge in [0.2, 0.25) is 5.91 Å². The highest BCUT2D eigenvalue weighted by atomic mass is 16.2. The molecule has 4 N–H and O–H groups in total. The lowest BCUT2D eigenvalue weighted by molar-refractivity contribution is -0.121. The van der Waals surface area contributed by atoms with Gasteiger partial charge in [-0.25, -0.2) is 4.79 Å². The molecule has 0 aromatic heterocycles. The molecule has 6 heteroatoms. The number of amides is 3. The lowest BCUT2D eigenvalue weighted by Gasteiger charge is -2.27. The van der Waals surface area contributed by atoms with E-state index >= 15 is 0 Å². The zero-order valence-corrected chi connectivity index (χ0v) is 15.8. The van der Waals surface area contributed by atoms with Gasteiger partial charge in [-0.15, -0.1) is 0 Å². The van der Waals surface area contributed by atoms with Gasteiger partial charge >= 0.3 is 6.03 Å². The topological polar surface area (TPSA) is 87.5 Å². The number of nitrogens with zero attached hydrogens (tertiary/aromatic N) is 1. The summed E-state index contributed by atoms with van der Waals surface area (Å²) in [5.41, 5.74) is 7.77. The molecule has 2 bridgehead atoms. The SMILES string of the molecule is NC1C2CCC(C2)C1C(=O)Nc1ccc(NC(=O)N2CCCCCC2)cc1. The third-order valence-corrected chi connectivity index (χ3v) is 6.58. The minimum Gasteiger partial charge on any atom is -0.327 e. The lowest BCUT2D eigenvalue weighted by Crippen LogP contribution is -2.42. The molecule has 0 spiro atoms. The quantitative estimate of drug-likeness (QED) is 0.762. The van der Waals surface area contributed by atoms with Crippen LogP contribution >= 0.6 is 0 Å². The number of benzene rings is 1. The first-order chi connectivity index (χ1) is 13.1. The Morgan fingerprint density at radius 1 is 0.889 bits per heavy atom. The maximum atomic E-state index is 12.6. The van der Waals surface area contributed by atoms with Gasteiger partial charge in [0.15, 0.2) is 0 Å². The Balaban J connectivity index is 1.32. The van der Waals surface area contributed by atoms with Crippen LogP contribution in [0.2, 0.25) is 0 Å². The number of anilines is 2. The molecule has 3 fully saturated rings. The van der Waals surface area contributed by atoms with Crippen molar-refractivity contribution < 1.29 is 9.59 Å². The molecule has 3 amide bonds. The maximum Gasteiger partial charge on any atom is 0.321 e. The summed E-state index contributed by atoms with van der Waals surface area (Å²) in [7, 11) is 0. The van der Waals surface area contributed by atoms with Gasteiger partial charge < -0.3 is 21.3 Å². The molecule has 1 saturated heterocycles. The number of likely N-dealkylation sites (tertiary alicyclic amines) is 1. The number of fused-ring (bicyclic) bond motifs is 2. The second-order valence-electron chi connectivity index (χ2n) is 8.33. The van der Waals surface area contributed by atoms with Gasteiger partial charge in [-0.1, -0.05) is 12.8 Å². The van der Waals surface area contributed by atoms with E-state index in [2.05, 4.69) is 10.6 Å². The molecule has 4 rings (SSSR count). The van der Waals surface area contributed by atoms with Crippen molar-refractivity contribution in [3.63, 3.8) is 0 Å². The number of nitrogens with one attached hydrogen (secondary N) is 2. The van der Waals surface area contributed by atoms with Gasteiger partial charge in [0.25, 0.3) is 0 Å². The van der Waals surface area contributed by atoms with Crippen molar-refractivity contribution in [2.24, 2.45) is 23.5 Å². The van der Waals surface area contributed by atoms with Crippen LogP contribution in [0.25, 0.3) is 0 Å². The summed E-state index contributed by atoms with van der Waals surface area (Å²) in [6.45, 7) is 1.65. The Labute approximate surface area is 160 Å². The molecule has 0 radical (unpaired) electrons. The van der Waals surface area contributed by atoms with E-state index in [0.29, 0.717) is 11.8 Å². The molecular weight excluding hydrogens is 340 g/mol. The van der Waals surface area contributed by atoms with E-state index in [1.165, 1.54) is 19.3 Å². The first kappa shape index (κ1) is 18.3. The van der Waals surface area contributed by atoms with Crippen molar-refractivity contribution in [2.45, 2.75) is 51.0 Å². The summed E-state index contributed by atoms with van der Waals surface area (Å²) < 4.78 is 0. The largest absolute Gasteiger partial charge is 0.327 e. The summed E-state index contributed by atoms with van der Waals surface area (Å²) in [6, 6.07) is 7.32. The van der Waals surface area contributed by atoms with E-state index in [-0.39, 0.29) is 23.9 Å². The van der Waals surface area contributed by atoms with Gasteiger partial charge in [0.1, 0.15) is 0 Å². The van der Waals surface area contributed by atoms with Crippen molar-refractivity contribution in [3.8, 4) is 0 Å². The highest BCUT2D eigenvalue weighted by molar-refractivity contribution is 5.94. The van der Waals surface area contributed by atoms with Crippen LogP contribution in [0.3, 0.4) is 0 Å². The summed E-state index contributed by atoms with van der Waals surface area (Å²) >= 11 is 0. The van der Waals surface area contributed by atoms with Gasteiger partial charge in [-0.3, -0.25) is 4.79 Å². The van der Waals surface area contributed by atoms with Crippen LogP contribution in [-0.2, 0) is 4.79 Å². The van der Waals surface area contributed by atoms with Crippen LogP contribution in [0.5, 0.6) is 0 Å². The van der Waals surface area contributed by atoms with Crippen molar-refractivity contribution in [3.05, 3.63) is 24.3 Å². The van der Waals surface area contributed by atoms with E-state index in [1.807, 2.05) is 29.2 Å². The molecular formula is C21H30N4O2. The highest BCUT2D eigenvalue weighted by Crippen LogP contribution is 2.47. The second-order valence-corrected chi connectivity index (χ2v) is 8.33. The Morgan fingerprint density at radius 2 is 1.48 bits per heavy atom. The molecule has 1 heterocycles. The molecule has 1 aromatic rings. The Hall–Kier alpha value is -2.08. The predicted octanol–water partition coefficient (Wildman–Crippen LogP) is 3.41. The van der Waals surface area contributed by atoms with Crippen molar-refractivity contribution in [2.75, 3.05) is 23.7 Å². The fourth-order valence-corrected chi connectivity index (χ4v) is 5.06. The fourth-order valence-electron chi connectivity index (χ4n) is 5.06. The van der Waals surface area contributed by atoms with Gasteiger partial charge in [0.05, 0.1) is 5.92 Å². The summed E-state index contributed by atoms with van der Waals surface area (Å²) in [6.07, 6.45) is 7.93. The highest BCUT2D eigenvalue weighted by Gasteiger charge is 2.49. The smallest absolute Gasteiger partial charge is 0.321 e. The van der Waals surface area contributed by atoms with E-state index in [4.69, 9.17) is 5.73 Å². The number of carbonyl (C=O) groups excluding carboxylic acids is 2. The Kier molecular flexibility index (Phi) is 5.34. The summed E-state index contributed by atoms with van der Waals surface area (Å²) in [4.78, 5) is 26.9. The number of rotatable bonds is 3. The minimum atomic E-state index is -0.0637. The molecule has 2 aliphatic carbocycles. The van der Waals surface area contributed by atoms with Crippen molar-refractivity contribution in [1.82, 2.24) is 4.90 Å². The molecule has 4 unspecified atom stereocenters. The fraction of sp³-hybridized carbons (Fsp3) is 0.619. The molecule has 1 aromatic carbocycles. The average Bonchev–Trinajstić information content (AvgIpc) is 3.13. The van der Waals surface area contributed by atoms with Crippen LogP contribution in [0.1, 0.15) is 44.9 Å². The molecule has 146 valence electrons. The first-order valence-corrected chi connectivity index (χ1v) is 10.3. The third kappa shape index (κ3) is 3.95. The number of nitrogens with two attached hydrogens (primary N) is 1. The Morgan fingerprint density at radius 3 is 2.07 bits per heavy atom. The molecule has 27 heavy (non-hydrogen) atoms. The maximum absolute atomic E-state index is 12.6. The number of hydrogen-bond acceptors (Lipinski definition) is 3. The van der Waals surface area contributed by atoms with E-state index in [0.717, 1.165) is 50.1 Å². The monoisotopic (exact) mass is 370 g/mol. The van der Waals surface area contributed by atoms with Gasteiger partial charge in [0, 0.05) is 30.5 Å². The van der Waals surface area contributed by atoms with E-state index < -0.39 is 0 Å². The molecule has 6 nitrogen and oxygen atoms in total. The molecule has 4 atom stereocenters. The van der Waals surface area contributed by atoms with Crippen molar-refractivity contribution in [1.29, 1.82) is 0 Å². The Bertz CT molecular complexity index is 680. The summed E-state index contributed by atoms with van der Waals surface area (Å²) in [5.74, 6) is 0.932. The standard InChI is InChI=1S/C21H30N4O2/c22-19-15-6-5-14(13-15)18(19)20(26)23-16-7-9-17(10-8-16)24-21(27)25-11-3-1-2-4-12-25/h7-10,14-15,18-19H,1-6,11-13,22H2,(H,23,26)(H,24,27). The van der Waals surface area contributed by atoms with Gasteiger partial charge in [-0.05, 0) is 68.2 Å². The second kappa shape index (κ2) is 7.89. The number of hydrogen-bond donors (Lipinski definition) is 3. The van der Waals surface area contributed by atoms with E-state index in [1.54, 1.807) is 0 Å². The van der Waals surface area contributed by atoms with Gasteiger partial charge in [-0.2, -0.15) is 0 Å². The zero-order valence-electron chi connectivity index (χ0n) is 15.8. The normalized spacial score (nSPS) is 30.0. The zero-order chi connectivity index (χ0) is 18.8. The van der Waals surface area contributed by atoms with Crippen LogP contribution in [0.15, 0.2) is 24.3 Å². The molecule has 1 aliphatic heterocycles. The summed E-state index contributed by atoms with van der Waals surface area (Å²) in [5, 5.41) is 5.97. The van der Waals surface area contributed by atoms with Crippen LogP contribution in [0, 0.1) is 17.8 Å². The minimum absolute atomic E-state index is 0.00376. The lowest BCUT2D eigenvalue weighted by atomic mass is 9.84. The van der Waals surface area contributed by atoms with Crippen LogP contribution in [0.4, 0.5) is 16.2 Å².